The first-order valence-electron chi connectivity index (χ1n) is 11.5. The van der Waals surface area contributed by atoms with Gasteiger partial charge in [0.2, 0.25) is 5.91 Å². The van der Waals surface area contributed by atoms with Crippen LogP contribution in [0.4, 0.5) is 26.3 Å². The maximum atomic E-state index is 12.3. The van der Waals surface area contributed by atoms with Crippen LogP contribution in [-0.2, 0) is 30.5 Å². The van der Waals surface area contributed by atoms with E-state index in [4.69, 9.17) is 29.4 Å². The topological polar surface area (TPSA) is 130 Å². The Morgan fingerprint density at radius 1 is 0.974 bits per heavy atom. The lowest BCUT2D eigenvalue weighted by Gasteiger charge is -2.27. The molecule has 0 unspecified atom stereocenters. The fourth-order valence-corrected chi connectivity index (χ4v) is 4.05. The first-order chi connectivity index (χ1) is 17.7. The molecule has 3 saturated heterocycles. The Bertz CT molecular complexity index is 888. The summed E-state index contributed by atoms with van der Waals surface area (Å²) in [5, 5.41) is 15.8. The lowest BCUT2D eigenvalue weighted by molar-refractivity contribution is -0.199. The summed E-state index contributed by atoms with van der Waals surface area (Å²) >= 11 is 0. The quantitative estimate of drug-likeness (QED) is 0.535. The van der Waals surface area contributed by atoms with Crippen molar-refractivity contribution in [3.8, 4) is 0 Å². The molecule has 1 aromatic rings. The summed E-state index contributed by atoms with van der Waals surface area (Å²) in [6, 6.07) is 4.13. The zero-order valence-electron chi connectivity index (χ0n) is 20.0. The van der Waals surface area contributed by atoms with Crippen molar-refractivity contribution < 1.29 is 60.5 Å². The fraction of sp³-hybridized carbons (Fsp3) is 0.636. The van der Waals surface area contributed by atoms with E-state index in [1.165, 1.54) is 10.6 Å². The van der Waals surface area contributed by atoms with Crippen LogP contribution < -0.4 is 0 Å². The number of aromatic nitrogens is 1. The van der Waals surface area contributed by atoms with Gasteiger partial charge in [0.05, 0.1) is 25.2 Å². The van der Waals surface area contributed by atoms with Gasteiger partial charge in [-0.2, -0.15) is 26.3 Å². The molecule has 214 valence electrons. The second kappa shape index (κ2) is 13.7. The number of ether oxygens (including phenoxy) is 1. The van der Waals surface area contributed by atoms with Crippen LogP contribution in [0.15, 0.2) is 24.5 Å². The molecule has 3 aliphatic heterocycles. The minimum absolute atomic E-state index is 0.0566. The van der Waals surface area contributed by atoms with Crippen molar-refractivity contribution >= 4 is 17.8 Å². The van der Waals surface area contributed by atoms with Gasteiger partial charge < -0.3 is 14.9 Å². The Labute approximate surface area is 213 Å². The Morgan fingerprint density at radius 2 is 1.55 bits per heavy atom. The van der Waals surface area contributed by atoms with Gasteiger partial charge >= 0.3 is 24.3 Å². The molecule has 1 aromatic heterocycles. The Kier molecular flexibility index (Phi) is 11.3. The van der Waals surface area contributed by atoms with Crippen LogP contribution in [0, 0.1) is 5.92 Å². The maximum Gasteiger partial charge on any atom is 0.490 e. The van der Waals surface area contributed by atoms with Crippen LogP contribution >= 0.6 is 0 Å². The van der Waals surface area contributed by atoms with Crippen molar-refractivity contribution in [2.45, 2.75) is 56.8 Å². The molecule has 2 N–H and O–H groups in total. The van der Waals surface area contributed by atoms with Gasteiger partial charge in [0.1, 0.15) is 0 Å². The molecule has 4 rings (SSSR count). The third kappa shape index (κ3) is 10.4. The zero-order chi connectivity index (χ0) is 28.5. The largest absolute Gasteiger partial charge is 0.490 e. The van der Waals surface area contributed by atoms with Crippen LogP contribution in [0.1, 0.15) is 31.2 Å². The molecular weight excluding hydrogens is 532 g/mol. The number of rotatable bonds is 4. The van der Waals surface area contributed by atoms with Crippen LogP contribution in [0.25, 0.3) is 0 Å². The summed E-state index contributed by atoms with van der Waals surface area (Å²) in [5.41, 5.74) is 1.29. The van der Waals surface area contributed by atoms with Gasteiger partial charge in [-0.05, 0) is 37.0 Å². The first kappa shape index (κ1) is 31.2. The molecule has 0 spiro atoms. The van der Waals surface area contributed by atoms with Crippen molar-refractivity contribution in [3.63, 3.8) is 0 Å². The highest BCUT2D eigenvalue weighted by Crippen LogP contribution is 2.35. The van der Waals surface area contributed by atoms with Crippen LogP contribution in [0.5, 0.6) is 0 Å². The molecule has 38 heavy (non-hydrogen) atoms. The van der Waals surface area contributed by atoms with Gasteiger partial charge in [0, 0.05) is 44.5 Å². The molecule has 1 amide bonds. The number of hydroxylamine groups is 2. The average molecular weight is 559 g/mol. The number of alkyl halides is 6. The standard InChI is InChI=1S/C18H25N3O3.2C2HF3O2/c22-18(21-7-1-2-8-23-21)10-16-9-15-12-20(13-17(15)24-16)11-14-3-5-19-6-4-14;2*3-2(4,5)1(6)7/h3-6,15-17H,1-2,7-13H2;2*(H,6,7)/t15-,16-,17+;;/m0../s1. The van der Waals surface area contributed by atoms with Crippen LogP contribution in [-0.4, -0.2) is 93.8 Å². The monoisotopic (exact) mass is 559 g/mol. The molecule has 16 heteroatoms. The number of fused-ring (bicyclic) bond motifs is 1. The molecule has 10 nitrogen and oxygen atoms in total. The SMILES string of the molecule is O=C(C[C@@H]1C[C@H]2CN(Cc3ccncc3)C[C@H]2O1)N1CCCCO1.O=C(O)C(F)(F)F.O=C(O)C(F)(F)F. The number of likely N-dealkylation sites (tertiary alicyclic amines) is 1. The van der Waals surface area contributed by atoms with E-state index >= 15 is 0 Å². The molecule has 0 bridgehead atoms. The lowest BCUT2D eigenvalue weighted by atomic mass is 10.0. The molecule has 0 saturated carbocycles. The summed E-state index contributed by atoms with van der Waals surface area (Å²) in [6.45, 7) is 4.34. The number of hydrogen-bond donors (Lipinski definition) is 2. The van der Waals surface area contributed by atoms with Crippen LogP contribution in [0.2, 0.25) is 0 Å². The fourth-order valence-electron chi connectivity index (χ4n) is 4.05. The summed E-state index contributed by atoms with van der Waals surface area (Å²) in [5.74, 6) is -4.89. The van der Waals surface area contributed by atoms with Crippen molar-refractivity contribution in [3.05, 3.63) is 30.1 Å². The van der Waals surface area contributed by atoms with E-state index in [9.17, 15) is 31.1 Å². The van der Waals surface area contributed by atoms with Crippen LogP contribution in [0.3, 0.4) is 0 Å². The minimum Gasteiger partial charge on any atom is -0.475 e. The van der Waals surface area contributed by atoms with E-state index in [0.717, 1.165) is 45.4 Å². The van der Waals surface area contributed by atoms with Gasteiger partial charge in [-0.25, -0.2) is 14.7 Å². The van der Waals surface area contributed by atoms with E-state index in [-0.39, 0.29) is 18.1 Å². The number of aliphatic carboxylic acids is 2. The van der Waals surface area contributed by atoms with Gasteiger partial charge in [0.15, 0.2) is 0 Å². The number of carboxylic acid groups (broad SMARTS) is 2. The van der Waals surface area contributed by atoms with E-state index in [0.29, 0.717) is 18.9 Å². The number of nitrogens with zero attached hydrogens (tertiary/aromatic N) is 3. The number of halogens is 6. The highest BCUT2D eigenvalue weighted by molar-refractivity contribution is 5.75. The molecule has 0 aromatic carbocycles. The third-order valence-electron chi connectivity index (χ3n) is 5.71. The number of pyridine rings is 1. The predicted octanol–water partition coefficient (Wildman–Crippen LogP) is 2.88. The van der Waals surface area contributed by atoms with Gasteiger partial charge in [-0.1, -0.05) is 0 Å². The highest BCUT2D eigenvalue weighted by atomic mass is 19.4. The van der Waals surface area contributed by atoms with E-state index in [1.807, 2.05) is 12.4 Å². The maximum absolute atomic E-state index is 12.3. The van der Waals surface area contributed by atoms with Gasteiger partial charge in [-0.15, -0.1) is 0 Å². The Hall–Kier alpha value is -2.98. The summed E-state index contributed by atoms with van der Waals surface area (Å²) < 4.78 is 69.6. The second-order valence-electron chi connectivity index (χ2n) is 8.69. The molecule has 3 atom stereocenters. The summed E-state index contributed by atoms with van der Waals surface area (Å²) in [6.07, 6.45) is -2.64. The van der Waals surface area contributed by atoms with Gasteiger partial charge in [0.25, 0.3) is 0 Å². The zero-order valence-corrected chi connectivity index (χ0v) is 20.0. The molecule has 0 radical (unpaired) electrons. The summed E-state index contributed by atoms with van der Waals surface area (Å²) in [7, 11) is 0. The van der Waals surface area contributed by atoms with Gasteiger partial charge in [-0.3, -0.25) is 19.5 Å². The number of carboxylic acids is 2. The lowest BCUT2D eigenvalue weighted by Crippen LogP contribution is -2.37. The second-order valence-corrected chi connectivity index (χ2v) is 8.69. The molecule has 3 fully saturated rings. The molecule has 3 aliphatic rings. The molecule has 0 aliphatic carbocycles. The van der Waals surface area contributed by atoms with Crippen molar-refractivity contribution in [1.29, 1.82) is 0 Å². The Balaban J connectivity index is 0.000000301. The van der Waals surface area contributed by atoms with Crippen molar-refractivity contribution in [2.24, 2.45) is 5.92 Å². The number of carbonyl (C=O) groups is 3. The smallest absolute Gasteiger partial charge is 0.475 e. The normalized spacial score (nSPS) is 23.4. The molecular formula is C22H27F6N3O7. The highest BCUT2D eigenvalue weighted by Gasteiger charge is 2.43. The minimum atomic E-state index is -5.08. The van der Waals surface area contributed by atoms with E-state index < -0.39 is 24.3 Å². The third-order valence-corrected chi connectivity index (χ3v) is 5.71. The van der Waals surface area contributed by atoms with Crippen molar-refractivity contribution in [1.82, 2.24) is 14.9 Å². The number of carbonyl (C=O) groups excluding carboxylic acids is 1. The average Bonchev–Trinajstić information content (AvgIpc) is 3.37. The predicted molar refractivity (Wildman–Crippen MR) is 115 cm³/mol. The summed E-state index contributed by atoms with van der Waals surface area (Å²) in [4.78, 5) is 42.0. The Morgan fingerprint density at radius 3 is 2.03 bits per heavy atom. The number of hydrogen-bond acceptors (Lipinski definition) is 7. The van der Waals surface area contributed by atoms with E-state index in [2.05, 4.69) is 22.0 Å². The molecule has 4 heterocycles. The van der Waals surface area contributed by atoms with E-state index in [1.54, 1.807) is 0 Å². The number of amides is 1. The first-order valence-corrected chi connectivity index (χ1v) is 11.5. The van der Waals surface area contributed by atoms with Crippen molar-refractivity contribution in [2.75, 3.05) is 26.2 Å².